The van der Waals surface area contributed by atoms with Crippen LogP contribution in [0.1, 0.15) is 66.7 Å². The molecule has 0 aromatic heterocycles. The number of piperidine rings is 1. The summed E-state index contributed by atoms with van der Waals surface area (Å²) in [6, 6.07) is 0.390. The van der Waals surface area contributed by atoms with Gasteiger partial charge >= 0.3 is 6.09 Å². The van der Waals surface area contributed by atoms with Crippen molar-refractivity contribution in [1.82, 2.24) is 14.7 Å². The number of carbonyl (C=O) groups excluding carboxylic acids is 2. The highest BCUT2D eigenvalue weighted by molar-refractivity contribution is 5.93. The van der Waals surface area contributed by atoms with E-state index < -0.39 is 5.60 Å². The largest absolute Gasteiger partial charge is 0.444 e. The maximum atomic E-state index is 12.8. The third-order valence-electron chi connectivity index (χ3n) is 5.34. The van der Waals surface area contributed by atoms with E-state index in [1.165, 1.54) is 0 Å². The topological polar surface area (TPSA) is 53.1 Å². The van der Waals surface area contributed by atoms with Gasteiger partial charge in [-0.1, -0.05) is 0 Å². The van der Waals surface area contributed by atoms with Gasteiger partial charge in [0.2, 0.25) is 0 Å². The summed E-state index contributed by atoms with van der Waals surface area (Å²) < 4.78 is 5.49. The van der Waals surface area contributed by atoms with Gasteiger partial charge in [0.05, 0.1) is 0 Å². The van der Waals surface area contributed by atoms with Crippen LogP contribution in [-0.4, -0.2) is 71.1 Å². The van der Waals surface area contributed by atoms with Crippen molar-refractivity contribution in [2.24, 2.45) is 0 Å². The highest BCUT2D eigenvalue weighted by atomic mass is 16.6. The zero-order chi connectivity index (χ0) is 20.0. The van der Waals surface area contributed by atoms with E-state index >= 15 is 0 Å². The number of rotatable bonds is 4. The minimum Gasteiger partial charge on any atom is -0.444 e. The van der Waals surface area contributed by atoms with Crippen LogP contribution in [0.5, 0.6) is 0 Å². The second kappa shape index (κ2) is 9.47. The summed E-state index contributed by atoms with van der Waals surface area (Å²) in [4.78, 5) is 31.1. The van der Waals surface area contributed by atoms with Crippen LogP contribution in [0.25, 0.3) is 0 Å². The van der Waals surface area contributed by atoms with Crippen molar-refractivity contribution in [3.8, 4) is 0 Å². The van der Waals surface area contributed by atoms with Gasteiger partial charge in [0.1, 0.15) is 5.60 Å². The fourth-order valence-electron chi connectivity index (χ4n) is 3.81. The lowest BCUT2D eigenvalue weighted by Crippen LogP contribution is -2.47. The summed E-state index contributed by atoms with van der Waals surface area (Å²) in [6.07, 6.45) is 6.77. The molecule has 6 nitrogen and oxygen atoms in total. The lowest BCUT2D eigenvalue weighted by molar-refractivity contribution is -0.127. The van der Waals surface area contributed by atoms with E-state index in [-0.39, 0.29) is 12.0 Å². The molecule has 27 heavy (non-hydrogen) atoms. The van der Waals surface area contributed by atoms with E-state index in [4.69, 9.17) is 4.74 Å². The Morgan fingerprint density at radius 3 is 2.30 bits per heavy atom. The average molecular weight is 380 g/mol. The quantitative estimate of drug-likeness (QED) is 0.749. The minimum atomic E-state index is -0.457. The van der Waals surface area contributed by atoms with Gasteiger partial charge < -0.3 is 19.4 Å². The number of amides is 2. The maximum absolute atomic E-state index is 12.8. The van der Waals surface area contributed by atoms with Crippen LogP contribution in [0.15, 0.2) is 11.8 Å². The summed E-state index contributed by atoms with van der Waals surface area (Å²) in [5.41, 5.74) is 0.479. The highest BCUT2D eigenvalue weighted by Crippen LogP contribution is 2.24. The number of hydrogen-bond acceptors (Lipinski definition) is 4. The van der Waals surface area contributed by atoms with E-state index in [0.29, 0.717) is 19.1 Å². The Bertz CT molecular complexity index is 541. The maximum Gasteiger partial charge on any atom is 0.410 e. The zero-order valence-electron chi connectivity index (χ0n) is 17.8. The van der Waals surface area contributed by atoms with Crippen molar-refractivity contribution in [1.29, 1.82) is 0 Å². The van der Waals surface area contributed by atoms with Gasteiger partial charge in [0.25, 0.3) is 5.91 Å². The Kier molecular flexibility index (Phi) is 7.57. The Morgan fingerprint density at radius 2 is 1.74 bits per heavy atom. The van der Waals surface area contributed by atoms with Crippen molar-refractivity contribution in [2.45, 2.75) is 78.4 Å². The van der Waals surface area contributed by atoms with Crippen molar-refractivity contribution >= 4 is 12.0 Å². The second-order valence-electron chi connectivity index (χ2n) is 8.53. The Hall–Kier alpha value is -1.72. The number of ether oxygens (including phenoxy) is 1. The number of likely N-dealkylation sites (tertiary alicyclic amines) is 1. The fraction of sp³-hybridized carbons (Fsp3) is 0.810. The molecular formula is C21H37N3O3. The predicted octanol–water partition coefficient (Wildman–Crippen LogP) is 3.62. The van der Waals surface area contributed by atoms with Gasteiger partial charge in [-0.05, 0) is 66.7 Å². The summed E-state index contributed by atoms with van der Waals surface area (Å²) in [5.74, 6) is 0.179. The molecule has 0 bridgehead atoms. The predicted molar refractivity (Wildman–Crippen MR) is 107 cm³/mol. The van der Waals surface area contributed by atoms with Crippen molar-refractivity contribution < 1.29 is 14.3 Å². The molecular weight excluding hydrogens is 342 g/mol. The van der Waals surface area contributed by atoms with Crippen LogP contribution < -0.4 is 0 Å². The Morgan fingerprint density at radius 1 is 1.11 bits per heavy atom. The van der Waals surface area contributed by atoms with Crippen LogP contribution in [0.4, 0.5) is 4.79 Å². The zero-order valence-corrected chi connectivity index (χ0v) is 17.8. The van der Waals surface area contributed by atoms with Gasteiger partial charge in [-0.15, -0.1) is 0 Å². The van der Waals surface area contributed by atoms with Crippen LogP contribution >= 0.6 is 0 Å². The Balaban J connectivity index is 1.98. The van der Waals surface area contributed by atoms with Crippen LogP contribution in [-0.2, 0) is 9.53 Å². The minimum absolute atomic E-state index is 0.179. The summed E-state index contributed by atoms with van der Waals surface area (Å²) in [7, 11) is 0. The molecule has 2 aliphatic heterocycles. The molecule has 0 atom stereocenters. The smallest absolute Gasteiger partial charge is 0.410 e. The lowest BCUT2D eigenvalue weighted by atomic mass is 10.0. The van der Waals surface area contributed by atoms with Gasteiger partial charge in [-0.3, -0.25) is 4.79 Å². The number of nitrogens with zero attached hydrogens (tertiary/aromatic N) is 3. The molecule has 0 aromatic rings. The fourth-order valence-corrected chi connectivity index (χ4v) is 3.81. The summed E-state index contributed by atoms with van der Waals surface area (Å²) >= 11 is 0. The second-order valence-corrected chi connectivity index (χ2v) is 8.53. The summed E-state index contributed by atoms with van der Waals surface area (Å²) in [6.45, 7) is 13.7. The summed E-state index contributed by atoms with van der Waals surface area (Å²) in [5, 5.41) is 0. The third-order valence-corrected chi connectivity index (χ3v) is 5.34. The molecule has 0 saturated carbocycles. The molecule has 0 radical (unpaired) electrons. The molecule has 0 unspecified atom stereocenters. The first-order valence-electron chi connectivity index (χ1n) is 10.5. The molecule has 1 saturated heterocycles. The van der Waals surface area contributed by atoms with E-state index in [1.807, 2.05) is 44.4 Å². The number of likely N-dealkylation sites (N-methyl/N-ethyl adjacent to an activating group) is 1. The molecule has 0 N–H and O–H groups in total. The first kappa shape index (κ1) is 21.6. The number of carbonyl (C=O) groups is 2. The van der Waals surface area contributed by atoms with Crippen LogP contribution in [0.2, 0.25) is 0 Å². The number of hydrogen-bond donors (Lipinski definition) is 0. The highest BCUT2D eigenvalue weighted by Gasteiger charge is 2.30. The first-order chi connectivity index (χ1) is 12.7. The first-order valence-corrected chi connectivity index (χ1v) is 10.5. The molecule has 154 valence electrons. The van der Waals surface area contributed by atoms with Crippen LogP contribution in [0, 0.1) is 0 Å². The van der Waals surface area contributed by atoms with E-state index in [1.54, 1.807) is 0 Å². The standard InChI is InChI=1S/C21H37N3O3/c1-6-22(7-2)19(25)17-10-8-9-13-24(16-17)18-11-14-23(15-12-18)20(26)27-21(3,4)5/h16,18H,6-15H2,1-5H3. The van der Waals surface area contributed by atoms with E-state index in [9.17, 15) is 9.59 Å². The molecule has 1 fully saturated rings. The normalized spacial score (nSPS) is 19.4. The van der Waals surface area contributed by atoms with Crippen molar-refractivity contribution in [3.05, 3.63) is 11.8 Å². The van der Waals surface area contributed by atoms with Crippen molar-refractivity contribution in [2.75, 3.05) is 32.7 Å². The lowest BCUT2D eigenvalue weighted by Gasteiger charge is -2.38. The third kappa shape index (κ3) is 6.15. The molecule has 2 heterocycles. The molecule has 2 amide bonds. The van der Waals surface area contributed by atoms with E-state index in [0.717, 1.165) is 57.3 Å². The van der Waals surface area contributed by atoms with Gasteiger partial charge in [-0.2, -0.15) is 0 Å². The molecule has 0 aliphatic carbocycles. The Labute approximate surface area is 164 Å². The average Bonchev–Trinajstić information content (AvgIpc) is 2.87. The van der Waals surface area contributed by atoms with Gasteiger partial charge in [0.15, 0.2) is 0 Å². The molecule has 6 heteroatoms. The molecule has 2 rings (SSSR count). The van der Waals surface area contributed by atoms with E-state index in [2.05, 4.69) is 11.1 Å². The molecule has 0 aromatic carbocycles. The monoisotopic (exact) mass is 379 g/mol. The SMILES string of the molecule is CCN(CC)C(=O)C1=CN(C2CCN(C(=O)OC(C)(C)C)CC2)CCCC1. The van der Waals surface area contributed by atoms with Crippen LogP contribution in [0.3, 0.4) is 0 Å². The van der Waals surface area contributed by atoms with Gasteiger partial charge in [-0.25, -0.2) is 4.79 Å². The molecule has 2 aliphatic rings. The van der Waals surface area contributed by atoms with Gasteiger partial charge in [0, 0.05) is 50.5 Å². The molecule has 0 spiro atoms. The van der Waals surface area contributed by atoms with Crippen molar-refractivity contribution in [3.63, 3.8) is 0 Å².